The van der Waals surface area contributed by atoms with Crippen molar-refractivity contribution in [3.63, 3.8) is 0 Å². The van der Waals surface area contributed by atoms with Crippen LogP contribution in [0.4, 0.5) is 5.69 Å². The number of para-hydroxylation sites is 1. The Morgan fingerprint density at radius 1 is 1.11 bits per heavy atom. The van der Waals surface area contributed by atoms with Crippen molar-refractivity contribution in [2.75, 3.05) is 31.1 Å². The van der Waals surface area contributed by atoms with Crippen molar-refractivity contribution in [2.45, 2.75) is 0 Å². The highest BCUT2D eigenvalue weighted by Gasteiger charge is 2.17. The fourth-order valence-electron chi connectivity index (χ4n) is 2.36. The number of halogens is 3. The molecule has 0 radical (unpaired) electrons. The number of hydrogen-bond acceptors (Lipinski definition) is 3. The van der Waals surface area contributed by atoms with Crippen LogP contribution in [0.5, 0.6) is 0 Å². The van der Waals surface area contributed by atoms with E-state index >= 15 is 0 Å². The molecule has 1 fully saturated rings. The largest absolute Gasteiger partial charge is 0.367 e. The predicted molar refractivity (Wildman–Crippen MR) is 84.1 cm³/mol. The summed E-state index contributed by atoms with van der Waals surface area (Å²) in [4.78, 5) is 6.62. The van der Waals surface area contributed by atoms with Gasteiger partial charge in [-0.25, -0.2) is 0 Å². The Balaban J connectivity index is 0.00000133. The van der Waals surface area contributed by atoms with Crippen LogP contribution in [-0.4, -0.2) is 31.2 Å². The monoisotopic (exact) mass is 317 g/mol. The number of anilines is 1. The third-order valence-corrected chi connectivity index (χ3v) is 3.79. The average molecular weight is 319 g/mol. The highest BCUT2D eigenvalue weighted by Crippen LogP contribution is 2.35. The zero-order valence-electron chi connectivity index (χ0n) is 10.2. The first kappa shape index (κ1) is 14.7. The normalized spacial score (nSPS) is 15.4. The molecule has 0 unspecified atom stereocenters. The second kappa shape index (κ2) is 6.14. The standard InChI is InChI=1S/C13H13Cl2N3.ClH/c14-10-3-1-2-9-12(10)17-8-11(15)13(9)18-6-4-16-5-7-18;/h1-3,8,16H,4-7H2;1H. The summed E-state index contributed by atoms with van der Waals surface area (Å²) in [5.41, 5.74) is 1.86. The molecule has 1 aromatic heterocycles. The Kier molecular flexibility index (Phi) is 4.74. The van der Waals surface area contributed by atoms with Crippen LogP contribution in [0.2, 0.25) is 10.0 Å². The summed E-state index contributed by atoms with van der Waals surface area (Å²) in [6.45, 7) is 3.85. The summed E-state index contributed by atoms with van der Waals surface area (Å²) in [5.74, 6) is 0. The maximum absolute atomic E-state index is 6.32. The van der Waals surface area contributed by atoms with Gasteiger partial charge in [-0.15, -0.1) is 12.4 Å². The van der Waals surface area contributed by atoms with Crippen LogP contribution in [-0.2, 0) is 0 Å². The maximum Gasteiger partial charge on any atom is 0.0910 e. The Labute approximate surface area is 128 Å². The smallest absolute Gasteiger partial charge is 0.0910 e. The van der Waals surface area contributed by atoms with Gasteiger partial charge in [0, 0.05) is 37.8 Å². The second-order valence-electron chi connectivity index (χ2n) is 4.33. The van der Waals surface area contributed by atoms with Gasteiger partial charge in [-0.3, -0.25) is 4.98 Å². The fraction of sp³-hybridized carbons (Fsp3) is 0.308. The Morgan fingerprint density at radius 2 is 1.84 bits per heavy atom. The zero-order valence-corrected chi connectivity index (χ0v) is 12.5. The zero-order chi connectivity index (χ0) is 12.5. The number of piperazine rings is 1. The lowest BCUT2D eigenvalue weighted by Gasteiger charge is -2.31. The molecule has 2 aromatic rings. The molecule has 0 spiro atoms. The minimum atomic E-state index is 0. The number of rotatable bonds is 1. The molecule has 0 bridgehead atoms. The van der Waals surface area contributed by atoms with Crippen LogP contribution in [0.1, 0.15) is 0 Å². The third-order valence-electron chi connectivity index (χ3n) is 3.21. The van der Waals surface area contributed by atoms with Crippen molar-refractivity contribution in [2.24, 2.45) is 0 Å². The molecular formula is C13H14Cl3N3. The lowest BCUT2D eigenvalue weighted by atomic mass is 10.1. The van der Waals surface area contributed by atoms with Gasteiger partial charge in [0.25, 0.3) is 0 Å². The van der Waals surface area contributed by atoms with Crippen LogP contribution in [0, 0.1) is 0 Å². The van der Waals surface area contributed by atoms with E-state index in [9.17, 15) is 0 Å². The first-order chi connectivity index (χ1) is 8.77. The Bertz CT molecular complexity index is 583. The number of aromatic nitrogens is 1. The van der Waals surface area contributed by atoms with E-state index < -0.39 is 0 Å². The summed E-state index contributed by atoms with van der Waals surface area (Å²) >= 11 is 12.5. The minimum Gasteiger partial charge on any atom is -0.367 e. The van der Waals surface area contributed by atoms with Gasteiger partial charge >= 0.3 is 0 Å². The van der Waals surface area contributed by atoms with E-state index in [4.69, 9.17) is 23.2 Å². The minimum absolute atomic E-state index is 0. The number of hydrogen-bond donors (Lipinski definition) is 1. The van der Waals surface area contributed by atoms with Crippen LogP contribution >= 0.6 is 35.6 Å². The highest BCUT2D eigenvalue weighted by atomic mass is 35.5. The number of benzene rings is 1. The highest BCUT2D eigenvalue weighted by molar-refractivity contribution is 6.37. The molecule has 1 aromatic carbocycles. The average Bonchev–Trinajstić information content (AvgIpc) is 2.40. The second-order valence-corrected chi connectivity index (χ2v) is 5.14. The molecule has 1 aliphatic rings. The van der Waals surface area contributed by atoms with Gasteiger partial charge in [-0.05, 0) is 6.07 Å². The molecule has 0 atom stereocenters. The van der Waals surface area contributed by atoms with Crippen molar-refractivity contribution in [3.05, 3.63) is 34.4 Å². The van der Waals surface area contributed by atoms with E-state index in [0.717, 1.165) is 42.8 Å². The van der Waals surface area contributed by atoms with Gasteiger partial charge in [0.2, 0.25) is 0 Å². The van der Waals surface area contributed by atoms with E-state index in [-0.39, 0.29) is 12.4 Å². The number of nitrogens with zero attached hydrogens (tertiary/aromatic N) is 2. The molecule has 3 rings (SSSR count). The van der Waals surface area contributed by atoms with E-state index in [1.165, 1.54) is 0 Å². The summed E-state index contributed by atoms with van der Waals surface area (Å²) in [7, 11) is 0. The Hall–Kier alpha value is -0.740. The first-order valence-electron chi connectivity index (χ1n) is 5.96. The lowest BCUT2D eigenvalue weighted by Crippen LogP contribution is -2.43. The van der Waals surface area contributed by atoms with Crippen LogP contribution in [0.25, 0.3) is 10.9 Å². The van der Waals surface area contributed by atoms with Crippen LogP contribution in [0.15, 0.2) is 24.4 Å². The molecular weight excluding hydrogens is 305 g/mol. The predicted octanol–water partition coefficient (Wildman–Crippen LogP) is 3.37. The van der Waals surface area contributed by atoms with E-state index in [1.54, 1.807) is 6.20 Å². The molecule has 3 nitrogen and oxygen atoms in total. The number of fused-ring (bicyclic) bond motifs is 1. The van der Waals surface area contributed by atoms with Crippen molar-refractivity contribution >= 4 is 52.2 Å². The molecule has 0 amide bonds. The SMILES string of the molecule is Cl.Clc1cnc2c(Cl)cccc2c1N1CCNCC1. The molecule has 6 heteroatoms. The summed E-state index contributed by atoms with van der Waals surface area (Å²) in [6.07, 6.45) is 1.69. The van der Waals surface area contributed by atoms with E-state index in [1.807, 2.05) is 18.2 Å². The summed E-state index contributed by atoms with van der Waals surface area (Å²) in [6, 6.07) is 5.82. The van der Waals surface area contributed by atoms with E-state index in [2.05, 4.69) is 15.2 Å². The molecule has 102 valence electrons. The topological polar surface area (TPSA) is 28.2 Å². The third kappa shape index (κ3) is 2.75. The fourth-order valence-corrected chi connectivity index (χ4v) is 2.85. The van der Waals surface area contributed by atoms with Crippen molar-refractivity contribution in [3.8, 4) is 0 Å². The molecule has 0 aliphatic carbocycles. The molecule has 2 heterocycles. The molecule has 1 saturated heterocycles. The van der Waals surface area contributed by atoms with Gasteiger partial charge < -0.3 is 10.2 Å². The molecule has 1 N–H and O–H groups in total. The summed E-state index contributed by atoms with van der Waals surface area (Å²) in [5, 5.41) is 5.72. The summed E-state index contributed by atoms with van der Waals surface area (Å²) < 4.78 is 0. The van der Waals surface area contributed by atoms with E-state index in [0.29, 0.717) is 10.0 Å². The lowest BCUT2D eigenvalue weighted by molar-refractivity contribution is 0.590. The Morgan fingerprint density at radius 3 is 2.58 bits per heavy atom. The molecule has 0 saturated carbocycles. The van der Waals surface area contributed by atoms with Gasteiger partial charge in [-0.2, -0.15) is 0 Å². The number of pyridine rings is 1. The van der Waals surface area contributed by atoms with Crippen LogP contribution in [0.3, 0.4) is 0 Å². The van der Waals surface area contributed by atoms with Gasteiger partial charge in [-0.1, -0.05) is 35.3 Å². The van der Waals surface area contributed by atoms with Crippen molar-refractivity contribution in [1.29, 1.82) is 0 Å². The van der Waals surface area contributed by atoms with Crippen molar-refractivity contribution < 1.29 is 0 Å². The van der Waals surface area contributed by atoms with Gasteiger partial charge in [0.15, 0.2) is 0 Å². The van der Waals surface area contributed by atoms with Gasteiger partial charge in [0.05, 0.1) is 21.2 Å². The van der Waals surface area contributed by atoms with Crippen LogP contribution < -0.4 is 10.2 Å². The maximum atomic E-state index is 6.32. The quantitative estimate of drug-likeness (QED) is 0.874. The first-order valence-corrected chi connectivity index (χ1v) is 6.71. The molecule has 1 aliphatic heterocycles. The molecule has 19 heavy (non-hydrogen) atoms. The number of nitrogens with one attached hydrogen (secondary N) is 1. The van der Waals surface area contributed by atoms with Crippen molar-refractivity contribution in [1.82, 2.24) is 10.3 Å². The van der Waals surface area contributed by atoms with Gasteiger partial charge in [0.1, 0.15) is 0 Å².